The van der Waals surface area contributed by atoms with Gasteiger partial charge < -0.3 is 9.47 Å². The first kappa shape index (κ1) is 21.5. The van der Waals surface area contributed by atoms with E-state index in [1.165, 1.54) is 0 Å². The van der Waals surface area contributed by atoms with E-state index in [1.54, 1.807) is 12.1 Å². The molecule has 3 aromatic rings. The number of benzene rings is 3. The van der Waals surface area contributed by atoms with Gasteiger partial charge in [-0.15, -0.1) is 0 Å². The van der Waals surface area contributed by atoms with Gasteiger partial charge in [0.2, 0.25) is 5.78 Å². The van der Waals surface area contributed by atoms with E-state index in [9.17, 15) is 4.79 Å². The lowest BCUT2D eigenvalue weighted by Gasteiger charge is -2.30. The van der Waals surface area contributed by atoms with Crippen LogP contribution in [-0.2, 0) is 13.1 Å². The number of hydrogen-bond acceptors (Lipinski definition) is 4. The summed E-state index contributed by atoms with van der Waals surface area (Å²) in [6.07, 6.45) is 1.77. The van der Waals surface area contributed by atoms with Crippen LogP contribution in [0.5, 0.6) is 11.5 Å². The van der Waals surface area contributed by atoms with Gasteiger partial charge in [0, 0.05) is 28.7 Å². The molecule has 0 N–H and O–H groups in total. The van der Waals surface area contributed by atoms with Gasteiger partial charge in [-0.1, -0.05) is 57.3 Å². The molecule has 0 atom stereocenters. The van der Waals surface area contributed by atoms with E-state index >= 15 is 0 Å². The molecular weight excluding hydrogens is 513 g/mol. The molecule has 0 fully saturated rings. The first-order valence-corrected chi connectivity index (χ1v) is 11.6. The maximum absolute atomic E-state index is 13.1. The molecule has 0 aromatic heterocycles. The fourth-order valence-corrected chi connectivity index (χ4v) is 4.78. The standard InChI is InChI=1S/C25H18BrCl2NO3/c1-14-24-17(12-29(13-31-24)11-16-5-6-20(27)21(28)8-16)10-19-23(30)22(32-25(14)19)9-15-3-2-4-18(26)7-15/h2-10H,11-13H2,1H3/b22-9-. The molecule has 0 saturated heterocycles. The zero-order chi connectivity index (χ0) is 22.4. The Morgan fingerprint density at radius 2 is 1.94 bits per heavy atom. The van der Waals surface area contributed by atoms with Gasteiger partial charge in [-0.25, -0.2) is 0 Å². The number of allylic oxidation sites excluding steroid dienone is 1. The predicted molar refractivity (Wildman–Crippen MR) is 129 cm³/mol. The summed E-state index contributed by atoms with van der Waals surface area (Å²) in [6.45, 7) is 3.68. The van der Waals surface area contributed by atoms with Gasteiger partial charge in [0.15, 0.2) is 5.76 Å². The van der Waals surface area contributed by atoms with Crippen LogP contribution in [-0.4, -0.2) is 17.4 Å². The molecule has 7 heteroatoms. The molecule has 0 saturated carbocycles. The first-order chi connectivity index (χ1) is 15.4. The molecule has 3 aromatic carbocycles. The topological polar surface area (TPSA) is 38.8 Å². The second-order valence-electron chi connectivity index (χ2n) is 7.87. The van der Waals surface area contributed by atoms with Crippen LogP contribution in [0.1, 0.15) is 32.6 Å². The van der Waals surface area contributed by atoms with Gasteiger partial charge in [-0.05, 0) is 54.5 Å². The van der Waals surface area contributed by atoms with Crippen LogP contribution in [0.2, 0.25) is 10.0 Å². The Bertz CT molecular complexity index is 1290. The van der Waals surface area contributed by atoms with Crippen molar-refractivity contribution in [2.75, 3.05) is 6.73 Å². The normalized spacial score (nSPS) is 16.5. The van der Waals surface area contributed by atoms with E-state index in [0.29, 0.717) is 46.9 Å². The van der Waals surface area contributed by atoms with Crippen LogP contribution in [0.4, 0.5) is 0 Å². The van der Waals surface area contributed by atoms with Gasteiger partial charge in [0.05, 0.1) is 15.6 Å². The minimum absolute atomic E-state index is 0.118. The average Bonchev–Trinajstić information content (AvgIpc) is 3.07. The summed E-state index contributed by atoms with van der Waals surface area (Å²) >= 11 is 15.6. The molecule has 2 aliphatic rings. The van der Waals surface area contributed by atoms with E-state index < -0.39 is 0 Å². The zero-order valence-corrected chi connectivity index (χ0v) is 20.2. The Labute approximate surface area is 204 Å². The molecule has 0 bridgehead atoms. The summed E-state index contributed by atoms with van der Waals surface area (Å²) in [5.74, 6) is 1.56. The van der Waals surface area contributed by atoms with Gasteiger partial charge in [0.25, 0.3) is 0 Å². The summed E-state index contributed by atoms with van der Waals surface area (Å²) in [5, 5.41) is 1.07. The largest absolute Gasteiger partial charge is 0.477 e. The van der Waals surface area contributed by atoms with Crippen LogP contribution in [0.25, 0.3) is 6.08 Å². The number of rotatable bonds is 3. The summed E-state index contributed by atoms with van der Waals surface area (Å²) in [7, 11) is 0. The molecule has 162 valence electrons. The molecular formula is C25H18BrCl2NO3. The molecule has 2 aliphatic heterocycles. The monoisotopic (exact) mass is 529 g/mol. The van der Waals surface area contributed by atoms with Crippen molar-refractivity contribution in [3.8, 4) is 11.5 Å². The molecule has 0 aliphatic carbocycles. The number of hydrogen-bond donors (Lipinski definition) is 0. The van der Waals surface area contributed by atoms with Crippen molar-refractivity contribution in [2.45, 2.75) is 20.0 Å². The van der Waals surface area contributed by atoms with E-state index in [2.05, 4.69) is 20.8 Å². The third-order valence-electron chi connectivity index (χ3n) is 5.54. The number of Topliss-reactive ketones (excluding diaryl/α,β-unsaturated/α-hetero) is 1. The van der Waals surface area contributed by atoms with E-state index in [4.69, 9.17) is 32.7 Å². The number of halogens is 3. The summed E-state index contributed by atoms with van der Waals surface area (Å²) < 4.78 is 13.0. The fourth-order valence-electron chi connectivity index (χ4n) is 4.04. The lowest BCUT2D eigenvalue weighted by atomic mass is 10.00. The molecule has 0 radical (unpaired) electrons. The SMILES string of the molecule is Cc1c2c(cc3c1O/C(=C\c1cccc(Br)c1)C3=O)CN(Cc1ccc(Cl)c(Cl)c1)CO2. The molecule has 0 amide bonds. The van der Waals surface area contributed by atoms with Crippen LogP contribution in [0.3, 0.4) is 0 Å². The third-order valence-corrected chi connectivity index (χ3v) is 6.77. The quantitative estimate of drug-likeness (QED) is 0.341. The molecule has 0 unspecified atom stereocenters. The van der Waals surface area contributed by atoms with Gasteiger partial charge in [-0.3, -0.25) is 9.69 Å². The highest BCUT2D eigenvalue weighted by Gasteiger charge is 2.33. The Balaban J connectivity index is 1.41. The van der Waals surface area contributed by atoms with Crippen molar-refractivity contribution in [2.24, 2.45) is 0 Å². The Kier molecular flexibility index (Phi) is 5.76. The highest BCUT2D eigenvalue weighted by atomic mass is 79.9. The van der Waals surface area contributed by atoms with Crippen LogP contribution in [0.15, 0.2) is 58.8 Å². The van der Waals surface area contributed by atoms with Crippen molar-refractivity contribution < 1.29 is 14.3 Å². The van der Waals surface area contributed by atoms with Gasteiger partial charge >= 0.3 is 0 Å². The predicted octanol–water partition coefficient (Wildman–Crippen LogP) is 7.03. The number of fused-ring (bicyclic) bond motifs is 2. The lowest BCUT2D eigenvalue weighted by molar-refractivity contribution is 0.0876. The van der Waals surface area contributed by atoms with Crippen molar-refractivity contribution in [3.63, 3.8) is 0 Å². The van der Waals surface area contributed by atoms with Crippen molar-refractivity contribution in [1.29, 1.82) is 0 Å². The molecule has 32 heavy (non-hydrogen) atoms. The Morgan fingerprint density at radius 1 is 1.09 bits per heavy atom. The lowest BCUT2D eigenvalue weighted by Crippen LogP contribution is -2.32. The molecule has 0 spiro atoms. The number of carbonyl (C=O) groups is 1. The molecule has 5 rings (SSSR count). The van der Waals surface area contributed by atoms with Crippen LogP contribution < -0.4 is 9.47 Å². The van der Waals surface area contributed by atoms with Crippen LogP contribution in [0, 0.1) is 6.92 Å². The second kappa shape index (κ2) is 8.56. The van der Waals surface area contributed by atoms with E-state index in [-0.39, 0.29) is 5.78 Å². The summed E-state index contributed by atoms with van der Waals surface area (Å²) in [4.78, 5) is 15.2. The van der Waals surface area contributed by atoms with Gasteiger partial charge in [0.1, 0.15) is 18.2 Å². The smallest absolute Gasteiger partial charge is 0.231 e. The Morgan fingerprint density at radius 3 is 2.72 bits per heavy atom. The number of nitrogens with zero attached hydrogens (tertiary/aromatic N) is 1. The van der Waals surface area contributed by atoms with Crippen molar-refractivity contribution >= 4 is 51.0 Å². The molecule has 2 heterocycles. The fraction of sp³-hybridized carbons (Fsp3) is 0.160. The maximum Gasteiger partial charge on any atom is 0.231 e. The molecule has 4 nitrogen and oxygen atoms in total. The highest BCUT2D eigenvalue weighted by Crippen LogP contribution is 2.43. The highest BCUT2D eigenvalue weighted by molar-refractivity contribution is 9.10. The average molecular weight is 531 g/mol. The van der Waals surface area contributed by atoms with Crippen molar-refractivity contribution in [3.05, 3.63) is 96.6 Å². The first-order valence-electron chi connectivity index (χ1n) is 10.0. The van der Waals surface area contributed by atoms with Gasteiger partial charge in [-0.2, -0.15) is 0 Å². The Hall–Kier alpha value is -2.31. The van der Waals surface area contributed by atoms with E-state index in [1.807, 2.05) is 49.4 Å². The summed E-state index contributed by atoms with van der Waals surface area (Å²) in [6, 6.07) is 15.2. The zero-order valence-electron chi connectivity index (χ0n) is 17.1. The maximum atomic E-state index is 13.1. The van der Waals surface area contributed by atoms with Crippen LogP contribution >= 0.6 is 39.1 Å². The minimum Gasteiger partial charge on any atom is -0.477 e. The van der Waals surface area contributed by atoms with E-state index in [0.717, 1.165) is 32.5 Å². The number of ether oxygens (including phenoxy) is 2. The summed E-state index contributed by atoms with van der Waals surface area (Å²) in [5.41, 5.74) is 4.32. The number of carbonyl (C=O) groups excluding carboxylic acids is 1. The second-order valence-corrected chi connectivity index (χ2v) is 9.60. The minimum atomic E-state index is -0.118. The third kappa shape index (κ3) is 4.06. The number of ketones is 1. The van der Waals surface area contributed by atoms with Crippen molar-refractivity contribution in [1.82, 2.24) is 4.90 Å².